The van der Waals surface area contributed by atoms with Crippen molar-refractivity contribution in [3.63, 3.8) is 0 Å². The number of rotatable bonds is 7. The van der Waals surface area contributed by atoms with Crippen LogP contribution in [-0.2, 0) is 4.79 Å². The Morgan fingerprint density at radius 3 is 2.45 bits per heavy atom. The Kier molecular flexibility index (Phi) is 6.60. The number of aromatic amines is 1. The lowest BCUT2D eigenvalue weighted by Gasteiger charge is -2.35. The molecule has 31 heavy (non-hydrogen) atoms. The van der Waals surface area contributed by atoms with Crippen LogP contribution in [0.25, 0.3) is 0 Å². The van der Waals surface area contributed by atoms with Crippen LogP contribution in [0.15, 0.2) is 24.3 Å². The SMILES string of the molecule is CCC(C)C(NC(=O)c1ccc(Cl)cc1)C(=O)N1CCC(c2nc(C3CC3)n[nH]2)CC1. The third-order valence-electron chi connectivity index (χ3n) is 6.53. The third-order valence-corrected chi connectivity index (χ3v) is 6.78. The number of nitrogens with zero attached hydrogens (tertiary/aromatic N) is 3. The highest BCUT2D eigenvalue weighted by molar-refractivity contribution is 6.30. The number of aromatic nitrogens is 3. The van der Waals surface area contributed by atoms with Crippen LogP contribution in [0.2, 0.25) is 5.02 Å². The summed E-state index contributed by atoms with van der Waals surface area (Å²) in [4.78, 5) is 32.6. The maximum Gasteiger partial charge on any atom is 0.251 e. The Morgan fingerprint density at radius 1 is 1.16 bits per heavy atom. The molecule has 7 nitrogen and oxygen atoms in total. The molecule has 0 spiro atoms. The molecule has 1 saturated carbocycles. The summed E-state index contributed by atoms with van der Waals surface area (Å²) in [7, 11) is 0. The molecule has 0 radical (unpaired) electrons. The Bertz CT molecular complexity index is 916. The zero-order valence-corrected chi connectivity index (χ0v) is 18.9. The summed E-state index contributed by atoms with van der Waals surface area (Å²) in [5.41, 5.74) is 0.501. The van der Waals surface area contributed by atoms with E-state index < -0.39 is 6.04 Å². The highest BCUT2D eigenvalue weighted by atomic mass is 35.5. The summed E-state index contributed by atoms with van der Waals surface area (Å²) in [6.07, 6.45) is 4.87. The van der Waals surface area contributed by atoms with Crippen molar-refractivity contribution >= 4 is 23.4 Å². The molecular weight excluding hydrogens is 414 g/mol. The van der Waals surface area contributed by atoms with Gasteiger partial charge in [0.1, 0.15) is 11.9 Å². The number of piperidine rings is 1. The number of carbonyl (C=O) groups excluding carboxylic acids is 2. The monoisotopic (exact) mass is 443 g/mol. The van der Waals surface area contributed by atoms with Gasteiger partial charge >= 0.3 is 0 Å². The van der Waals surface area contributed by atoms with Crippen molar-refractivity contribution in [2.24, 2.45) is 5.92 Å². The number of benzene rings is 1. The third kappa shape index (κ3) is 5.09. The standard InChI is InChI=1S/C23H30ClN5O2/c1-3-14(2)19(25-22(30)17-6-8-18(24)9-7-17)23(31)29-12-10-16(11-13-29)21-26-20(27-28-21)15-4-5-15/h6-9,14-16,19H,3-5,10-13H2,1-2H3,(H,25,30)(H,26,27,28). The predicted octanol–water partition coefficient (Wildman–Crippen LogP) is 3.89. The van der Waals surface area contributed by atoms with Crippen molar-refractivity contribution in [2.75, 3.05) is 13.1 Å². The zero-order valence-electron chi connectivity index (χ0n) is 18.1. The van der Waals surface area contributed by atoms with E-state index in [2.05, 4.69) is 20.5 Å². The molecule has 2 unspecified atom stereocenters. The van der Waals surface area contributed by atoms with Crippen molar-refractivity contribution in [2.45, 2.75) is 63.8 Å². The lowest BCUT2D eigenvalue weighted by Crippen LogP contribution is -2.53. The van der Waals surface area contributed by atoms with Crippen molar-refractivity contribution in [1.29, 1.82) is 0 Å². The number of amides is 2. The van der Waals surface area contributed by atoms with Gasteiger partial charge in [-0.25, -0.2) is 4.98 Å². The van der Waals surface area contributed by atoms with Crippen LogP contribution in [0.3, 0.4) is 0 Å². The van der Waals surface area contributed by atoms with E-state index in [0.717, 1.165) is 30.9 Å². The summed E-state index contributed by atoms with van der Waals surface area (Å²) in [5, 5.41) is 11.0. The number of likely N-dealkylation sites (tertiary alicyclic amines) is 1. The molecule has 4 rings (SSSR count). The van der Waals surface area contributed by atoms with Gasteiger partial charge in [0.25, 0.3) is 5.91 Å². The molecule has 1 saturated heterocycles. The lowest BCUT2D eigenvalue weighted by atomic mass is 9.93. The predicted molar refractivity (Wildman–Crippen MR) is 119 cm³/mol. The minimum atomic E-state index is -0.545. The topological polar surface area (TPSA) is 91.0 Å². The molecule has 2 atom stereocenters. The smallest absolute Gasteiger partial charge is 0.251 e. The fraction of sp³-hybridized carbons (Fsp3) is 0.565. The molecule has 8 heteroatoms. The Hall–Kier alpha value is -2.41. The average molecular weight is 444 g/mol. The van der Waals surface area contributed by atoms with Gasteiger partial charge in [-0.05, 0) is 55.9 Å². The number of carbonyl (C=O) groups is 2. The molecule has 2 amide bonds. The van der Waals surface area contributed by atoms with E-state index >= 15 is 0 Å². The van der Waals surface area contributed by atoms with Gasteiger partial charge in [0.15, 0.2) is 5.82 Å². The highest BCUT2D eigenvalue weighted by Gasteiger charge is 2.34. The van der Waals surface area contributed by atoms with Gasteiger partial charge in [-0.3, -0.25) is 14.7 Å². The summed E-state index contributed by atoms with van der Waals surface area (Å²) in [5.74, 6) is 2.50. The quantitative estimate of drug-likeness (QED) is 0.679. The largest absolute Gasteiger partial charge is 0.341 e. The van der Waals surface area contributed by atoms with Crippen molar-refractivity contribution in [3.05, 3.63) is 46.5 Å². The summed E-state index contributed by atoms with van der Waals surface area (Å²) in [6.45, 7) is 5.36. The highest BCUT2D eigenvalue weighted by Crippen LogP contribution is 2.38. The van der Waals surface area contributed by atoms with E-state index in [4.69, 9.17) is 11.6 Å². The fourth-order valence-corrected chi connectivity index (χ4v) is 4.20. The van der Waals surface area contributed by atoms with Crippen molar-refractivity contribution in [1.82, 2.24) is 25.4 Å². The first kappa shape index (κ1) is 21.8. The molecule has 2 fully saturated rings. The van der Waals surface area contributed by atoms with Gasteiger partial charge in [0.05, 0.1) is 0 Å². The molecule has 1 aromatic carbocycles. The van der Waals surface area contributed by atoms with Crippen LogP contribution in [0.5, 0.6) is 0 Å². The van der Waals surface area contributed by atoms with Gasteiger partial charge in [-0.2, -0.15) is 5.10 Å². The fourth-order valence-electron chi connectivity index (χ4n) is 4.07. The number of nitrogens with one attached hydrogen (secondary N) is 2. The second kappa shape index (κ2) is 9.39. The van der Waals surface area contributed by atoms with E-state index in [1.54, 1.807) is 24.3 Å². The van der Waals surface area contributed by atoms with Crippen LogP contribution >= 0.6 is 11.6 Å². The molecule has 2 aromatic rings. The molecule has 166 valence electrons. The Balaban J connectivity index is 1.37. The molecule has 1 aliphatic heterocycles. The first-order valence-electron chi connectivity index (χ1n) is 11.2. The van der Waals surface area contributed by atoms with Crippen molar-refractivity contribution < 1.29 is 9.59 Å². The Labute approximate surface area is 188 Å². The summed E-state index contributed by atoms with van der Waals surface area (Å²) >= 11 is 5.92. The van der Waals surface area contributed by atoms with E-state index in [1.807, 2.05) is 18.7 Å². The lowest BCUT2D eigenvalue weighted by molar-refractivity contribution is -0.135. The average Bonchev–Trinajstić information content (AvgIpc) is 3.53. The molecule has 1 aliphatic carbocycles. The molecular formula is C23H30ClN5O2. The normalized spacial score (nSPS) is 19.1. The number of halogens is 1. The maximum atomic E-state index is 13.3. The van der Waals surface area contributed by atoms with E-state index in [1.165, 1.54) is 12.8 Å². The number of hydrogen-bond donors (Lipinski definition) is 2. The minimum absolute atomic E-state index is 0.00801. The molecule has 2 aliphatic rings. The summed E-state index contributed by atoms with van der Waals surface area (Å²) in [6, 6.07) is 6.17. The van der Waals surface area contributed by atoms with Crippen LogP contribution in [0.1, 0.15) is 79.8 Å². The number of hydrogen-bond acceptors (Lipinski definition) is 4. The molecule has 2 heterocycles. The van der Waals surface area contributed by atoms with Crippen LogP contribution < -0.4 is 5.32 Å². The van der Waals surface area contributed by atoms with E-state index in [9.17, 15) is 9.59 Å². The number of H-pyrrole nitrogens is 1. The molecule has 0 bridgehead atoms. The van der Waals surface area contributed by atoms with Gasteiger partial charge in [-0.1, -0.05) is 31.9 Å². The van der Waals surface area contributed by atoms with Crippen LogP contribution in [0.4, 0.5) is 0 Å². The maximum absolute atomic E-state index is 13.3. The van der Waals surface area contributed by atoms with Crippen LogP contribution in [-0.4, -0.2) is 51.0 Å². The molecule has 2 N–H and O–H groups in total. The van der Waals surface area contributed by atoms with Gasteiger partial charge in [0, 0.05) is 35.5 Å². The summed E-state index contributed by atoms with van der Waals surface area (Å²) < 4.78 is 0. The zero-order chi connectivity index (χ0) is 22.0. The van der Waals surface area contributed by atoms with Gasteiger partial charge in [0.2, 0.25) is 5.91 Å². The second-order valence-electron chi connectivity index (χ2n) is 8.80. The first-order chi connectivity index (χ1) is 15.0. The van der Waals surface area contributed by atoms with Crippen LogP contribution in [0, 0.1) is 5.92 Å². The minimum Gasteiger partial charge on any atom is -0.341 e. The Morgan fingerprint density at radius 2 is 1.84 bits per heavy atom. The van der Waals surface area contributed by atoms with Gasteiger partial charge in [-0.15, -0.1) is 0 Å². The second-order valence-corrected chi connectivity index (χ2v) is 9.23. The van der Waals surface area contributed by atoms with E-state index in [-0.39, 0.29) is 17.7 Å². The first-order valence-corrected chi connectivity index (χ1v) is 11.6. The van der Waals surface area contributed by atoms with E-state index in [0.29, 0.717) is 35.5 Å². The molecule has 1 aromatic heterocycles. The van der Waals surface area contributed by atoms with Gasteiger partial charge < -0.3 is 10.2 Å². The van der Waals surface area contributed by atoms with Crippen molar-refractivity contribution in [3.8, 4) is 0 Å².